The molecule has 0 unspecified atom stereocenters. The van der Waals surface area contributed by atoms with Crippen molar-refractivity contribution in [1.82, 2.24) is 24.5 Å². The first-order chi connectivity index (χ1) is 9.45. The second-order valence-corrected chi connectivity index (χ2v) is 5.05. The summed E-state index contributed by atoms with van der Waals surface area (Å²) < 4.78 is 3.47. The third-order valence-corrected chi connectivity index (χ3v) is 3.77. The van der Waals surface area contributed by atoms with Crippen LogP contribution in [0.2, 0.25) is 5.02 Å². The maximum atomic E-state index is 12.4. The van der Waals surface area contributed by atoms with E-state index in [1.165, 1.54) is 0 Å². The van der Waals surface area contributed by atoms with Gasteiger partial charge >= 0.3 is 0 Å². The molecule has 0 bridgehead atoms. The second kappa shape index (κ2) is 5.66. The Kier molecular flexibility index (Phi) is 4.13. The molecule has 2 rings (SSSR count). The SMILES string of the molecule is CCn1nccc1CN(C)C(=O)c1nn(C)c(C)c1Cl. The largest absolute Gasteiger partial charge is 0.334 e. The van der Waals surface area contributed by atoms with Crippen molar-refractivity contribution in [1.29, 1.82) is 0 Å². The van der Waals surface area contributed by atoms with Crippen LogP contribution in [0.3, 0.4) is 0 Å². The van der Waals surface area contributed by atoms with Crippen molar-refractivity contribution in [3.8, 4) is 0 Å². The van der Waals surface area contributed by atoms with Crippen LogP contribution in [-0.2, 0) is 20.1 Å². The molecule has 2 aromatic rings. The number of hydrogen-bond acceptors (Lipinski definition) is 3. The molecule has 0 spiro atoms. The fourth-order valence-electron chi connectivity index (χ4n) is 1.99. The predicted molar refractivity (Wildman–Crippen MR) is 76.7 cm³/mol. The molecule has 2 heterocycles. The summed E-state index contributed by atoms with van der Waals surface area (Å²) in [6.45, 7) is 5.09. The van der Waals surface area contributed by atoms with Crippen molar-refractivity contribution < 1.29 is 4.79 Å². The molecule has 0 saturated carbocycles. The van der Waals surface area contributed by atoms with Gasteiger partial charge in [0.2, 0.25) is 0 Å². The Labute approximate surface area is 122 Å². The van der Waals surface area contributed by atoms with E-state index in [1.54, 1.807) is 29.9 Å². The van der Waals surface area contributed by atoms with Gasteiger partial charge in [0.1, 0.15) is 0 Å². The normalized spacial score (nSPS) is 10.8. The topological polar surface area (TPSA) is 56.0 Å². The monoisotopic (exact) mass is 295 g/mol. The van der Waals surface area contributed by atoms with Gasteiger partial charge in [0.15, 0.2) is 5.69 Å². The summed E-state index contributed by atoms with van der Waals surface area (Å²) in [7, 11) is 3.50. The summed E-state index contributed by atoms with van der Waals surface area (Å²) in [6.07, 6.45) is 1.73. The van der Waals surface area contributed by atoms with Crippen molar-refractivity contribution >= 4 is 17.5 Å². The van der Waals surface area contributed by atoms with Crippen LogP contribution >= 0.6 is 11.6 Å². The Morgan fingerprint density at radius 3 is 2.75 bits per heavy atom. The zero-order valence-electron chi connectivity index (χ0n) is 12.1. The van der Waals surface area contributed by atoms with Crippen LogP contribution in [0.5, 0.6) is 0 Å². The lowest BCUT2D eigenvalue weighted by Crippen LogP contribution is -2.28. The molecular weight excluding hydrogens is 278 g/mol. The third kappa shape index (κ3) is 2.56. The fraction of sp³-hybridized carbons (Fsp3) is 0.462. The van der Waals surface area contributed by atoms with Crippen molar-refractivity contribution in [3.05, 3.63) is 34.4 Å². The molecule has 0 aliphatic heterocycles. The van der Waals surface area contributed by atoms with Crippen LogP contribution in [0.4, 0.5) is 0 Å². The Balaban J connectivity index is 2.18. The van der Waals surface area contributed by atoms with E-state index in [9.17, 15) is 4.79 Å². The third-order valence-electron chi connectivity index (χ3n) is 3.31. The van der Waals surface area contributed by atoms with Crippen molar-refractivity contribution in [2.75, 3.05) is 7.05 Å². The summed E-state index contributed by atoms with van der Waals surface area (Å²) in [6, 6.07) is 1.90. The molecule has 0 aliphatic carbocycles. The molecule has 20 heavy (non-hydrogen) atoms. The summed E-state index contributed by atoms with van der Waals surface area (Å²) in [5.74, 6) is -0.192. The summed E-state index contributed by atoms with van der Waals surface area (Å²) >= 11 is 6.15. The lowest BCUT2D eigenvalue weighted by Gasteiger charge is -2.16. The molecule has 0 atom stereocenters. The van der Waals surface area contributed by atoms with Crippen molar-refractivity contribution in [2.24, 2.45) is 7.05 Å². The number of carbonyl (C=O) groups excluding carboxylic acids is 1. The van der Waals surface area contributed by atoms with Gasteiger partial charge in [0.25, 0.3) is 5.91 Å². The number of nitrogens with zero attached hydrogens (tertiary/aromatic N) is 5. The molecule has 0 fully saturated rings. The Hall–Kier alpha value is -1.82. The fourth-order valence-corrected chi connectivity index (χ4v) is 2.23. The first-order valence-corrected chi connectivity index (χ1v) is 6.78. The smallest absolute Gasteiger partial charge is 0.276 e. The van der Waals surface area contributed by atoms with Crippen LogP contribution in [-0.4, -0.2) is 37.4 Å². The maximum absolute atomic E-state index is 12.4. The molecule has 2 aromatic heterocycles. The molecule has 0 aromatic carbocycles. The quantitative estimate of drug-likeness (QED) is 0.865. The van der Waals surface area contributed by atoms with Gasteiger partial charge in [0.05, 0.1) is 23.0 Å². The van der Waals surface area contributed by atoms with Crippen LogP contribution in [0.25, 0.3) is 0 Å². The highest BCUT2D eigenvalue weighted by Gasteiger charge is 2.22. The van der Waals surface area contributed by atoms with E-state index in [4.69, 9.17) is 11.6 Å². The van der Waals surface area contributed by atoms with E-state index >= 15 is 0 Å². The van der Waals surface area contributed by atoms with Gasteiger partial charge in [0, 0.05) is 26.8 Å². The van der Waals surface area contributed by atoms with E-state index in [0.717, 1.165) is 17.9 Å². The van der Waals surface area contributed by atoms with E-state index in [2.05, 4.69) is 10.2 Å². The number of hydrogen-bond donors (Lipinski definition) is 0. The minimum Gasteiger partial charge on any atom is -0.334 e. The van der Waals surface area contributed by atoms with Gasteiger partial charge in [-0.1, -0.05) is 11.6 Å². The summed E-state index contributed by atoms with van der Waals surface area (Å²) in [5.41, 5.74) is 2.05. The van der Waals surface area contributed by atoms with E-state index < -0.39 is 0 Å². The highest BCUT2D eigenvalue weighted by molar-refractivity contribution is 6.34. The molecule has 0 N–H and O–H groups in total. The molecule has 108 valence electrons. The summed E-state index contributed by atoms with van der Waals surface area (Å²) in [4.78, 5) is 14.0. The lowest BCUT2D eigenvalue weighted by molar-refractivity contribution is 0.0775. The zero-order chi connectivity index (χ0) is 14.9. The standard InChI is InChI=1S/C13H18ClN5O/c1-5-19-10(6-7-15-19)8-17(3)13(20)12-11(14)9(2)18(4)16-12/h6-7H,5,8H2,1-4H3. The number of aromatic nitrogens is 4. The van der Waals surface area contributed by atoms with Crippen LogP contribution in [0.1, 0.15) is 28.8 Å². The lowest BCUT2D eigenvalue weighted by atomic mass is 10.3. The first-order valence-electron chi connectivity index (χ1n) is 6.41. The van der Waals surface area contributed by atoms with Gasteiger partial charge < -0.3 is 4.90 Å². The minimum absolute atomic E-state index is 0.192. The van der Waals surface area contributed by atoms with E-state index in [0.29, 0.717) is 11.6 Å². The average molecular weight is 296 g/mol. The highest BCUT2D eigenvalue weighted by atomic mass is 35.5. The van der Waals surface area contributed by atoms with Gasteiger partial charge in [-0.2, -0.15) is 10.2 Å². The molecular formula is C13H18ClN5O. The zero-order valence-corrected chi connectivity index (χ0v) is 12.8. The Bertz CT molecular complexity index is 631. The van der Waals surface area contributed by atoms with Crippen LogP contribution in [0, 0.1) is 6.92 Å². The molecule has 1 amide bonds. The second-order valence-electron chi connectivity index (χ2n) is 4.67. The number of aryl methyl sites for hydroxylation is 2. The van der Waals surface area contributed by atoms with Crippen molar-refractivity contribution in [3.63, 3.8) is 0 Å². The van der Waals surface area contributed by atoms with E-state index in [-0.39, 0.29) is 11.6 Å². The number of carbonyl (C=O) groups is 1. The molecule has 6 nitrogen and oxygen atoms in total. The number of halogens is 1. The minimum atomic E-state index is -0.192. The molecule has 0 saturated heterocycles. The van der Waals surface area contributed by atoms with Gasteiger partial charge in [-0.3, -0.25) is 14.2 Å². The van der Waals surface area contributed by atoms with Crippen LogP contribution < -0.4 is 0 Å². The van der Waals surface area contributed by atoms with Crippen molar-refractivity contribution in [2.45, 2.75) is 26.9 Å². The first kappa shape index (κ1) is 14.6. The average Bonchev–Trinajstić information content (AvgIpc) is 2.98. The number of rotatable bonds is 4. The molecule has 0 aliphatic rings. The van der Waals surface area contributed by atoms with E-state index in [1.807, 2.05) is 24.6 Å². The van der Waals surface area contributed by atoms with Gasteiger partial charge in [-0.25, -0.2) is 0 Å². The van der Waals surface area contributed by atoms with Crippen LogP contribution in [0.15, 0.2) is 12.3 Å². The molecule has 7 heteroatoms. The predicted octanol–water partition coefficient (Wildman–Crippen LogP) is 1.87. The number of amides is 1. The highest BCUT2D eigenvalue weighted by Crippen LogP contribution is 2.20. The summed E-state index contributed by atoms with van der Waals surface area (Å²) in [5, 5.41) is 8.77. The Morgan fingerprint density at radius 2 is 2.20 bits per heavy atom. The van der Waals surface area contributed by atoms with Gasteiger partial charge in [-0.05, 0) is 19.9 Å². The maximum Gasteiger partial charge on any atom is 0.276 e. The molecule has 0 radical (unpaired) electrons. The van der Waals surface area contributed by atoms with Gasteiger partial charge in [-0.15, -0.1) is 0 Å². The Morgan fingerprint density at radius 1 is 1.50 bits per heavy atom.